The molecule has 5 rings (SSSR count). The van der Waals surface area contributed by atoms with Gasteiger partial charge >= 0.3 is 5.97 Å². The van der Waals surface area contributed by atoms with E-state index in [9.17, 15) is 19.5 Å². The quantitative estimate of drug-likeness (QED) is 0.259. The third-order valence-electron chi connectivity index (χ3n) is 6.43. The zero-order valence-corrected chi connectivity index (χ0v) is 19.8. The van der Waals surface area contributed by atoms with Crippen molar-refractivity contribution in [3.05, 3.63) is 95.1 Å². The second-order valence-electron chi connectivity index (χ2n) is 8.57. The lowest BCUT2D eigenvalue weighted by Gasteiger charge is -2.28. The van der Waals surface area contributed by atoms with Crippen LogP contribution in [0, 0.1) is 0 Å². The Morgan fingerprint density at radius 2 is 1.78 bits per heavy atom. The smallest absolute Gasteiger partial charge is 0.337 e. The molecule has 8 heteroatoms. The third-order valence-corrected chi connectivity index (χ3v) is 6.43. The van der Waals surface area contributed by atoms with E-state index in [4.69, 9.17) is 9.47 Å². The Balaban J connectivity index is 1.68. The number of ether oxygens (including phenoxy) is 2. The predicted octanol–water partition coefficient (Wildman–Crippen LogP) is 3.93. The van der Waals surface area contributed by atoms with Crippen molar-refractivity contribution in [2.24, 2.45) is 0 Å². The number of aliphatic hydroxyl groups excluding tert-OH is 1. The number of hydrogen-bond donors (Lipinski definition) is 1. The van der Waals surface area contributed by atoms with E-state index in [0.717, 1.165) is 5.69 Å². The summed E-state index contributed by atoms with van der Waals surface area (Å²) in [5.74, 6) is -1.78. The van der Waals surface area contributed by atoms with Gasteiger partial charge in [-0.2, -0.15) is 0 Å². The number of hydrogen-bond acceptors (Lipinski definition) is 7. The second kappa shape index (κ2) is 9.22. The van der Waals surface area contributed by atoms with Gasteiger partial charge < -0.3 is 19.5 Å². The molecule has 1 fully saturated rings. The lowest BCUT2D eigenvalue weighted by atomic mass is 9.94. The number of nitrogens with zero attached hydrogens (tertiary/aromatic N) is 2. The Kier molecular flexibility index (Phi) is 5.93. The van der Waals surface area contributed by atoms with Gasteiger partial charge in [0.2, 0.25) is 0 Å². The molecule has 182 valence electrons. The summed E-state index contributed by atoms with van der Waals surface area (Å²) in [4.78, 5) is 42.2. The van der Waals surface area contributed by atoms with Gasteiger partial charge in [0.15, 0.2) is 0 Å². The fourth-order valence-corrected chi connectivity index (χ4v) is 4.60. The molecular weight excluding hydrogens is 460 g/mol. The number of ketones is 1. The van der Waals surface area contributed by atoms with Crippen molar-refractivity contribution in [1.82, 2.24) is 0 Å². The van der Waals surface area contributed by atoms with Crippen LogP contribution in [0.2, 0.25) is 0 Å². The maximum absolute atomic E-state index is 13.4. The average molecular weight is 485 g/mol. The van der Waals surface area contributed by atoms with E-state index >= 15 is 0 Å². The van der Waals surface area contributed by atoms with Gasteiger partial charge in [-0.3, -0.25) is 14.5 Å². The number of methoxy groups -OCH3 is 1. The molecule has 1 atom stereocenters. The SMILES string of the molecule is COC(=O)c1cccc(N2C(=O)C(=O)/C(=C(\O)c3ccc4c(c3)N(C)CCO4)C2c2ccccc2)c1. The Labute approximate surface area is 208 Å². The molecule has 1 amide bonds. The van der Waals surface area contributed by atoms with Crippen LogP contribution in [0.4, 0.5) is 11.4 Å². The molecule has 0 saturated carbocycles. The van der Waals surface area contributed by atoms with E-state index in [1.807, 2.05) is 18.0 Å². The number of aliphatic hydroxyl groups is 1. The summed E-state index contributed by atoms with van der Waals surface area (Å²) in [6, 6.07) is 19.6. The molecule has 36 heavy (non-hydrogen) atoms. The van der Waals surface area contributed by atoms with E-state index in [1.165, 1.54) is 18.1 Å². The third kappa shape index (κ3) is 3.86. The molecule has 0 bridgehead atoms. The number of esters is 1. The highest BCUT2D eigenvalue weighted by molar-refractivity contribution is 6.51. The lowest BCUT2D eigenvalue weighted by molar-refractivity contribution is -0.132. The molecule has 8 nitrogen and oxygen atoms in total. The fraction of sp³-hybridized carbons (Fsp3) is 0.179. The second-order valence-corrected chi connectivity index (χ2v) is 8.57. The van der Waals surface area contributed by atoms with Gasteiger partial charge in [0.25, 0.3) is 11.7 Å². The number of likely N-dealkylation sites (N-methyl/N-ethyl adjacent to an activating group) is 1. The van der Waals surface area contributed by atoms with Crippen molar-refractivity contribution >= 4 is 34.8 Å². The number of anilines is 2. The van der Waals surface area contributed by atoms with E-state index in [1.54, 1.807) is 60.7 Å². The first-order valence-corrected chi connectivity index (χ1v) is 11.4. The summed E-state index contributed by atoms with van der Waals surface area (Å²) < 4.78 is 10.5. The maximum Gasteiger partial charge on any atom is 0.337 e. The molecule has 1 unspecified atom stereocenters. The Morgan fingerprint density at radius 1 is 1.00 bits per heavy atom. The van der Waals surface area contributed by atoms with Gasteiger partial charge in [0.05, 0.1) is 36.5 Å². The Morgan fingerprint density at radius 3 is 2.53 bits per heavy atom. The molecule has 0 aliphatic carbocycles. The summed E-state index contributed by atoms with van der Waals surface area (Å²) in [6.45, 7) is 1.24. The van der Waals surface area contributed by atoms with E-state index in [-0.39, 0.29) is 16.9 Å². The van der Waals surface area contributed by atoms with Crippen LogP contribution in [-0.2, 0) is 14.3 Å². The molecule has 3 aromatic carbocycles. The number of carbonyl (C=O) groups is 3. The molecule has 0 radical (unpaired) electrons. The van der Waals surface area contributed by atoms with Crippen molar-refractivity contribution in [3.8, 4) is 5.75 Å². The van der Waals surface area contributed by atoms with E-state index in [0.29, 0.717) is 35.7 Å². The fourth-order valence-electron chi connectivity index (χ4n) is 4.60. The van der Waals surface area contributed by atoms with Crippen molar-refractivity contribution in [2.45, 2.75) is 6.04 Å². The molecule has 2 heterocycles. The minimum Gasteiger partial charge on any atom is -0.507 e. The van der Waals surface area contributed by atoms with Crippen LogP contribution in [-0.4, -0.2) is 50.1 Å². The van der Waals surface area contributed by atoms with Crippen LogP contribution in [0.15, 0.2) is 78.4 Å². The van der Waals surface area contributed by atoms with Crippen LogP contribution < -0.4 is 14.5 Å². The van der Waals surface area contributed by atoms with Crippen LogP contribution in [0.5, 0.6) is 5.75 Å². The van der Waals surface area contributed by atoms with Crippen LogP contribution in [0.25, 0.3) is 5.76 Å². The molecule has 0 aromatic heterocycles. The largest absolute Gasteiger partial charge is 0.507 e. The normalized spacial score (nSPS) is 18.6. The first-order valence-electron chi connectivity index (χ1n) is 11.4. The molecule has 0 spiro atoms. The standard InChI is InChI=1S/C28H24N2O6/c1-29-13-14-36-22-12-11-18(16-21(22)29)25(31)23-24(17-7-4-3-5-8-17)30(27(33)26(23)32)20-10-6-9-19(15-20)28(34)35-2/h3-12,15-16,24,31H,13-14H2,1-2H3/b25-23-. The Bertz CT molecular complexity index is 1400. The summed E-state index contributed by atoms with van der Waals surface area (Å²) in [5.41, 5.74) is 2.36. The highest BCUT2D eigenvalue weighted by Gasteiger charge is 2.47. The van der Waals surface area contributed by atoms with Crippen LogP contribution in [0.3, 0.4) is 0 Å². The zero-order valence-electron chi connectivity index (χ0n) is 19.8. The van der Waals surface area contributed by atoms with Crippen molar-refractivity contribution in [1.29, 1.82) is 0 Å². The van der Waals surface area contributed by atoms with Crippen molar-refractivity contribution in [3.63, 3.8) is 0 Å². The average Bonchev–Trinajstić information content (AvgIpc) is 3.18. The number of Topliss-reactive ketones (excluding diaryl/α,β-unsaturated/α-hetero) is 1. The first kappa shape index (κ1) is 23.2. The maximum atomic E-state index is 13.4. The molecular formula is C28H24N2O6. The molecule has 2 aliphatic rings. The number of rotatable bonds is 4. The molecule has 2 aliphatic heterocycles. The number of benzene rings is 3. The predicted molar refractivity (Wildman–Crippen MR) is 134 cm³/mol. The lowest BCUT2D eigenvalue weighted by Crippen LogP contribution is -2.29. The zero-order chi connectivity index (χ0) is 25.4. The van der Waals surface area contributed by atoms with Crippen LogP contribution in [0.1, 0.15) is 27.5 Å². The number of fused-ring (bicyclic) bond motifs is 1. The number of carbonyl (C=O) groups excluding carboxylic acids is 3. The molecule has 1 N–H and O–H groups in total. The molecule has 3 aromatic rings. The summed E-state index contributed by atoms with van der Waals surface area (Å²) in [5, 5.41) is 11.4. The highest BCUT2D eigenvalue weighted by Crippen LogP contribution is 2.43. The summed E-state index contributed by atoms with van der Waals surface area (Å²) >= 11 is 0. The summed E-state index contributed by atoms with van der Waals surface area (Å²) in [7, 11) is 3.19. The minimum absolute atomic E-state index is 0.0333. The van der Waals surface area contributed by atoms with E-state index in [2.05, 4.69) is 0 Å². The van der Waals surface area contributed by atoms with Crippen molar-refractivity contribution < 1.29 is 29.0 Å². The number of amides is 1. The first-order chi connectivity index (χ1) is 17.4. The van der Waals surface area contributed by atoms with Crippen molar-refractivity contribution in [2.75, 3.05) is 37.1 Å². The van der Waals surface area contributed by atoms with Gasteiger partial charge in [0.1, 0.15) is 18.1 Å². The van der Waals surface area contributed by atoms with Gasteiger partial charge in [-0.25, -0.2) is 4.79 Å². The highest BCUT2D eigenvalue weighted by atomic mass is 16.5. The monoisotopic (exact) mass is 484 g/mol. The molecule has 1 saturated heterocycles. The topological polar surface area (TPSA) is 96.4 Å². The van der Waals surface area contributed by atoms with Gasteiger partial charge in [-0.1, -0.05) is 36.4 Å². The Hall–Kier alpha value is -4.59. The van der Waals surface area contributed by atoms with Gasteiger partial charge in [-0.15, -0.1) is 0 Å². The van der Waals surface area contributed by atoms with Gasteiger partial charge in [0, 0.05) is 18.3 Å². The van der Waals surface area contributed by atoms with Gasteiger partial charge in [-0.05, 0) is 42.0 Å². The van der Waals surface area contributed by atoms with E-state index < -0.39 is 23.7 Å². The van der Waals surface area contributed by atoms with Crippen LogP contribution >= 0.6 is 0 Å². The minimum atomic E-state index is -0.899. The summed E-state index contributed by atoms with van der Waals surface area (Å²) in [6.07, 6.45) is 0.